The molecule has 3 nitrogen and oxygen atoms in total. The summed E-state index contributed by atoms with van der Waals surface area (Å²) in [7, 11) is 1.67. The Morgan fingerprint density at radius 2 is 2.09 bits per heavy atom. The van der Waals surface area contributed by atoms with Crippen LogP contribution in [0, 0.1) is 0 Å². The van der Waals surface area contributed by atoms with Crippen LogP contribution < -0.4 is 5.32 Å². The van der Waals surface area contributed by atoms with Gasteiger partial charge in [-0.05, 0) is 32.4 Å². The Morgan fingerprint density at radius 3 is 2.64 bits per heavy atom. The number of nitrogens with one attached hydrogen (secondary N) is 1. The average Bonchev–Trinajstić information content (AvgIpc) is 2.03. The van der Waals surface area contributed by atoms with E-state index in [9.17, 15) is 5.11 Å². The van der Waals surface area contributed by atoms with Gasteiger partial charge in [-0.25, -0.2) is 0 Å². The van der Waals surface area contributed by atoms with Crippen LogP contribution in [-0.2, 0) is 4.74 Å². The SMILES string of the molecule is COCCC1(O)CCNCC1. The van der Waals surface area contributed by atoms with Crippen LogP contribution in [0.4, 0.5) is 0 Å². The second-order valence-electron chi connectivity index (χ2n) is 3.22. The Hall–Kier alpha value is -0.120. The van der Waals surface area contributed by atoms with Gasteiger partial charge in [-0.3, -0.25) is 0 Å². The molecule has 66 valence electrons. The first-order valence-electron chi connectivity index (χ1n) is 4.19. The zero-order chi connectivity index (χ0) is 8.16. The van der Waals surface area contributed by atoms with Gasteiger partial charge in [0.15, 0.2) is 0 Å². The van der Waals surface area contributed by atoms with Crippen molar-refractivity contribution in [3.8, 4) is 0 Å². The Kier molecular flexibility index (Phi) is 3.30. The predicted octanol–water partition coefficient (Wildman–Crippen LogP) is 0.137. The molecule has 0 atom stereocenters. The third-order valence-electron chi connectivity index (χ3n) is 2.31. The number of rotatable bonds is 3. The quantitative estimate of drug-likeness (QED) is 0.615. The zero-order valence-corrected chi connectivity index (χ0v) is 7.10. The largest absolute Gasteiger partial charge is 0.390 e. The van der Waals surface area contributed by atoms with Gasteiger partial charge >= 0.3 is 0 Å². The van der Waals surface area contributed by atoms with Crippen molar-refractivity contribution in [1.29, 1.82) is 0 Å². The number of hydrogen-bond acceptors (Lipinski definition) is 3. The second kappa shape index (κ2) is 4.04. The minimum atomic E-state index is -0.457. The average molecular weight is 159 g/mol. The molecule has 0 radical (unpaired) electrons. The van der Waals surface area contributed by atoms with E-state index in [1.54, 1.807) is 7.11 Å². The van der Waals surface area contributed by atoms with E-state index < -0.39 is 5.60 Å². The van der Waals surface area contributed by atoms with Gasteiger partial charge in [-0.1, -0.05) is 0 Å². The fraction of sp³-hybridized carbons (Fsp3) is 1.00. The normalized spacial score (nSPS) is 23.5. The Morgan fingerprint density at radius 1 is 1.45 bits per heavy atom. The third-order valence-corrected chi connectivity index (χ3v) is 2.31. The van der Waals surface area contributed by atoms with Gasteiger partial charge in [-0.2, -0.15) is 0 Å². The van der Waals surface area contributed by atoms with E-state index in [1.165, 1.54) is 0 Å². The maximum Gasteiger partial charge on any atom is 0.0693 e. The molecule has 1 aliphatic rings. The van der Waals surface area contributed by atoms with Crippen molar-refractivity contribution in [2.75, 3.05) is 26.8 Å². The zero-order valence-electron chi connectivity index (χ0n) is 7.10. The topological polar surface area (TPSA) is 41.5 Å². The summed E-state index contributed by atoms with van der Waals surface area (Å²) in [4.78, 5) is 0. The fourth-order valence-electron chi connectivity index (χ4n) is 1.43. The molecule has 2 N–H and O–H groups in total. The van der Waals surface area contributed by atoms with Crippen molar-refractivity contribution in [2.24, 2.45) is 0 Å². The molecule has 1 aliphatic heterocycles. The maximum absolute atomic E-state index is 9.88. The number of ether oxygens (including phenoxy) is 1. The van der Waals surface area contributed by atoms with Crippen LogP contribution in [0.1, 0.15) is 19.3 Å². The third kappa shape index (κ3) is 2.77. The van der Waals surface area contributed by atoms with Crippen molar-refractivity contribution in [3.63, 3.8) is 0 Å². The monoisotopic (exact) mass is 159 g/mol. The van der Waals surface area contributed by atoms with Gasteiger partial charge in [0, 0.05) is 13.7 Å². The van der Waals surface area contributed by atoms with Crippen LogP contribution in [0.3, 0.4) is 0 Å². The molecule has 0 aromatic rings. The highest BCUT2D eigenvalue weighted by molar-refractivity contribution is 4.83. The lowest BCUT2D eigenvalue weighted by Crippen LogP contribution is -2.42. The molecule has 0 aromatic heterocycles. The van der Waals surface area contributed by atoms with Gasteiger partial charge in [0.2, 0.25) is 0 Å². The molecule has 3 heteroatoms. The summed E-state index contributed by atoms with van der Waals surface area (Å²) >= 11 is 0. The van der Waals surface area contributed by atoms with Crippen LogP contribution in [0.2, 0.25) is 0 Å². The first kappa shape index (κ1) is 8.97. The number of methoxy groups -OCH3 is 1. The van der Waals surface area contributed by atoms with E-state index in [-0.39, 0.29) is 0 Å². The standard InChI is InChI=1S/C8H17NO2/c1-11-7-4-8(10)2-5-9-6-3-8/h9-10H,2-7H2,1H3. The number of piperidine rings is 1. The highest BCUT2D eigenvalue weighted by atomic mass is 16.5. The first-order chi connectivity index (χ1) is 5.27. The van der Waals surface area contributed by atoms with Crippen molar-refractivity contribution < 1.29 is 9.84 Å². The van der Waals surface area contributed by atoms with Gasteiger partial charge in [0.1, 0.15) is 0 Å². The first-order valence-corrected chi connectivity index (χ1v) is 4.19. The van der Waals surface area contributed by atoms with E-state index in [1.807, 2.05) is 0 Å². The van der Waals surface area contributed by atoms with Crippen LogP contribution in [0.5, 0.6) is 0 Å². The molecule has 0 spiro atoms. The highest BCUT2D eigenvalue weighted by Gasteiger charge is 2.28. The van der Waals surface area contributed by atoms with E-state index in [0.29, 0.717) is 6.61 Å². The van der Waals surface area contributed by atoms with Gasteiger partial charge < -0.3 is 15.2 Å². The van der Waals surface area contributed by atoms with Crippen molar-refractivity contribution in [1.82, 2.24) is 5.32 Å². The van der Waals surface area contributed by atoms with Gasteiger partial charge in [0.05, 0.1) is 5.60 Å². The molecule has 0 aliphatic carbocycles. The molecule has 11 heavy (non-hydrogen) atoms. The summed E-state index contributed by atoms with van der Waals surface area (Å²) in [5.74, 6) is 0. The van der Waals surface area contributed by atoms with E-state index in [4.69, 9.17) is 4.74 Å². The summed E-state index contributed by atoms with van der Waals surface area (Å²) in [5, 5.41) is 13.1. The van der Waals surface area contributed by atoms with E-state index in [2.05, 4.69) is 5.32 Å². The maximum atomic E-state index is 9.88. The minimum Gasteiger partial charge on any atom is -0.390 e. The van der Waals surface area contributed by atoms with Crippen LogP contribution >= 0.6 is 0 Å². The van der Waals surface area contributed by atoms with Crippen LogP contribution in [0.25, 0.3) is 0 Å². The van der Waals surface area contributed by atoms with Crippen LogP contribution in [0.15, 0.2) is 0 Å². The lowest BCUT2D eigenvalue weighted by Gasteiger charge is -2.32. The van der Waals surface area contributed by atoms with Crippen LogP contribution in [-0.4, -0.2) is 37.5 Å². The Balaban J connectivity index is 2.25. The summed E-state index contributed by atoms with van der Waals surface area (Å²) in [6, 6.07) is 0. The molecule has 0 saturated carbocycles. The van der Waals surface area contributed by atoms with Crippen molar-refractivity contribution >= 4 is 0 Å². The minimum absolute atomic E-state index is 0.457. The number of hydrogen-bond donors (Lipinski definition) is 2. The Bertz CT molecular complexity index is 111. The Labute approximate surface area is 67.7 Å². The molecule has 1 rings (SSSR count). The molecule has 1 fully saturated rings. The summed E-state index contributed by atoms with van der Waals surface area (Å²) in [5.41, 5.74) is -0.457. The summed E-state index contributed by atoms with van der Waals surface area (Å²) < 4.78 is 4.93. The molecule has 1 heterocycles. The summed E-state index contributed by atoms with van der Waals surface area (Å²) in [6.45, 7) is 2.52. The molecule has 0 unspecified atom stereocenters. The lowest BCUT2D eigenvalue weighted by atomic mass is 9.89. The van der Waals surface area contributed by atoms with E-state index in [0.717, 1.165) is 32.4 Å². The molecular weight excluding hydrogens is 142 g/mol. The molecule has 0 aromatic carbocycles. The lowest BCUT2D eigenvalue weighted by molar-refractivity contribution is -0.0160. The predicted molar refractivity (Wildman–Crippen MR) is 43.5 cm³/mol. The molecule has 0 amide bonds. The summed E-state index contributed by atoms with van der Waals surface area (Å²) in [6.07, 6.45) is 2.48. The van der Waals surface area contributed by atoms with Gasteiger partial charge in [0.25, 0.3) is 0 Å². The molecule has 0 bridgehead atoms. The smallest absolute Gasteiger partial charge is 0.0693 e. The van der Waals surface area contributed by atoms with Crippen molar-refractivity contribution in [3.05, 3.63) is 0 Å². The fourth-order valence-corrected chi connectivity index (χ4v) is 1.43. The van der Waals surface area contributed by atoms with E-state index >= 15 is 0 Å². The number of aliphatic hydroxyl groups is 1. The highest BCUT2D eigenvalue weighted by Crippen LogP contribution is 2.21. The molecular formula is C8H17NO2. The van der Waals surface area contributed by atoms with Gasteiger partial charge in [-0.15, -0.1) is 0 Å². The van der Waals surface area contributed by atoms with Crippen molar-refractivity contribution in [2.45, 2.75) is 24.9 Å². The second-order valence-corrected chi connectivity index (χ2v) is 3.22. The molecule has 1 saturated heterocycles.